The number of carbonyl (C=O) groups excluding carboxylic acids is 2. The third-order valence-electron chi connectivity index (χ3n) is 2.34. The number of carbonyl (C=O) groups is 2. The minimum absolute atomic E-state index is 0.128. The lowest BCUT2D eigenvalue weighted by Crippen LogP contribution is -2.32. The molecule has 6 N–H and O–H groups in total. The molecule has 0 heterocycles. The van der Waals surface area contributed by atoms with Gasteiger partial charge in [0.05, 0.1) is 12.5 Å². The molecule has 0 spiro atoms. The molecule has 0 atom stereocenters. The standard InChI is InChI=1S/C13H20N4O3/c1-8(2)12(18)20-4-3-16-13(19)17-11-6-9(14)5-10(15)7-11/h5-8H,3-4,14-15H2,1-2H3,(H2,16,17,19). The number of hydrogen-bond acceptors (Lipinski definition) is 5. The smallest absolute Gasteiger partial charge is 0.319 e. The van der Waals surface area contributed by atoms with E-state index in [-0.39, 0.29) is 25.0 Å². The molecule has 0 aliphatic rings. The number of ether oxygens (including phenoxy) is 1. The fourth-order valence-electron chi connectivity index (χ4n) is 1.41. The van der Waals surface area contributed by atoms with Crippen molar-refractivity contribution in [3.63, 3.8) is 0 Å². The van der Waals surface area contributed by atoms with Gasteiger partial charge in [0, 0.05) is 17.1 Å². The Kier molecular flexibility index (Phi) is 5.64. The van der Waals surface area contributed by atoms with Gasteiger partial charge in [-0.2, -0.15) is 0 Å². The summed E-state index contributed by atoms with van der Waals surface area (Å²) in [5, 5.41) is 5.14. The summed E-state index contributed by atoms with van der Waals surface area (Å²) >= 11 is 0. The van der Waals surface area contributed by atoms with Gasteiger partial charge in [-0.05, 0) is 18.2 Å². The number of rotatable bonds is 5. The SMILES string of the molecule is CC(C)C(=O)OCCNC(=O)Nc1cc(N)cc(N)c1. The Bertz CT molecular complexity index is 468. The van der Waals surface area contributed by atoms with E-state index in [0.717, 1.165) is 0 Å². The Hall–Kier alpha value is -2.44. The van der Waals surface area contributed by atoms with Gasteiger partial charge >= 0.3 is 12.0 Å². The number of benzene rings is 1. The molecule has 2 amide bonds. The molecule has 0 unspecified atom stereocenters. The molecule has 7 nitrogen and oxygen atoms in total. The molecule has 7 heteroatoms. The predicted molar refractivity (Wildman–Crippen MR) is 78.1 cm³/mol. The molecule has 1 rings (SSSR count). The van der Waals surface area contributed by atoms with E-state index in [9.17, 15) is 9.59 Å². The van der Waals surface area contributed by atoms with Crippen LogP contribution in [0.5, 0.6) is 0 Å². The van der Waals surface area contributed by atoms with E-state index in [1.54, 1.807) is 32.0 Å². The van der Waals surface area contributed by atoms with Crippen LogP contribution >= 0.6 is 0 Å². The number of anilines is 3. The van der Waals surface area contributed by atoms with E-state index >= 15 is 0 Å². The Morgan fingerprint density at radius 3 is 2.35 bits per heavy atom. The van der Waals surface area contributed by atoms with E-state index in [2.05, 4.69) is 10.6 Å². The van der Waals surface area contributed by atoms with Crippen LogP contribution in [-0.2, 0) is 9.53 Å². The maximum atomic E-state index is 11.6. The summed E-state index contributed by atoms with van der Waals surface area (Å²) in [6, 6.07) is 4.35. The number of hydrogen-bond donors (Lipinski definition) is 4. The van der Waals surface area contributed by atoms with Crippen LogP contribution in [0.3, 0.4) is 0 Å². The van der Waals surface area contributed by atoms with Crippen molar-refractivity contribution in [1.82, 2.24) is 5.32 Å². The van der Waals surface area contributed by atoms with Gasteiger partial charge in [-0.1, -0.05) is 13.8 Å². The average Bonchev–Trinajstić information content (AvgIpc) is 2.32. The van der Waals surface area contributed by atoms with Gasteiger partial charge in [0.25, 0.3) is 0 Å². The average molecular weight is 280 g/mol. The van der Waals surface area contributed by atoms with E-state index in [4.69, 9.17) is 16.2 Å². The number of nitrogens with two attached hydrogens (primary N) is 2. The van der Waals surface area contributed by atoms with Crippen molar-refractivity contribution >= 4 is 29.1 Å². The summed E-state index contributed by atoms with van der Waals surface area (Å²) in [6.07, 6.45) is 0. The fraction of sp³-hybridized carbons (Fsp3) is 0.385. The minimum atomic E-state index is -0.421. The second kappa shape index (κ2) is 7.22. The highest BCUT2D eigenvalue weighted by Gasteiger charge is 2.08. The summed E-state index contributed by atoms with van der Waals surface area (Å²) in [6.45, 7) is 3.84. The zero-order valence-electron chi connectivity index (χ0n) is 11.6. The molecule has 0 saturated carbocycles. The van der Waals surface area contributed by atoms with E-state index in [1.807, 2.05) is 0 Å². The molecule has 0 saturated heterocycles. The fourth-order valence-corrected chi connectivity index (χ4v) is 1.41. The molecular weight excluding hydrogens is 260 g/mol. The van der Waals surface area contributed by atoms with Gasteiger partial charge in [0.15, 0.2) is 0 Å². The van der Waals surface area contributed by atoms with Crippen LogP contribution < -0.4 is 22.1 Å². The first-order chi connectivity index (χ1) is 9.38. The molecule has 110 valence electrons. The number of esters is 1. The number of amides is 2. The molecule has 0 radical (unpaired) electrons. The van der Waals surface area contributed by atoms with Crippen molar-refractivity contribution in [2.24, 2.45) is 5.92 Å². The molecule has 0 bridgehead atoms. The van der Waals surface area contributed by atoms with Gasteiger partial charge < -0.3 is 26.8 Å². The molecule has 0 aliphatic heterocycles. The topological polar surface area (TPSA) is 119 Å². The van der Waals surface area contributed by atoms with E-state index < -0.39 is 6.03 Å². The Morgan fingerprint density at radius 1 is 1.20 bits per heavy atom. The van der Waals surface area contributed by atoms with Crippen molar-refractivity contribution in [2.75, 3.05) is 29.9 Å². The number of nitrogens with one attached hydrogen (secondary N) is 2. The van der Waals surface area contributed by atoms with Crippen molar-refractivity contribution < 1.29 is 14.3 Å². The molecule has 0 aromatic heterocycles. The number of nitrogen functional groups attached to an aromatic ring is 2. The Morgan fingerprint density at radius 2 is 1.80 bits per heavy atom. The van der Waals surface area contributed by atoms with E-state index in [0.29, 0.717) is 17.1 Å². The highest BCUT2D eigenvalue weighted by atomic mass is 16.5. The van der Waals surface area contributed by atoms with Crippen molar-refractivity contribution in [2.45, 2.75) is 13.8 Å². The van der Waals surface area contributed by atoms with Gasteiger partial charge in [-0.15, -0.1) is 0 Å². The first kappa shape index (κ1) is 15.6. The number of urea groups is 1. The lowest BCUT2D eigenvalue weighted by molar-refractivity contribution is -0.147. The summed E-state index contributed by atoms with van der Waals surface area (Å²) < 4.78 is 4.92. The van der Waals surface area contributed by atoms with Crippen molar-refractivity contribution in [3.05, 3.63) is 18.2 Å². The lowest BCUT2D eigenvalue weighted by atomic mass is 10.2. The van der Waals surface area contributed by atoms with Crippen LogP contribution in [0.25, 0.3) is 0 Å². The third-order valence-corrected chi connectivity index (χ3v) is 2.34. The maximum absolute atomic E-state index is 11.6. The molecule has 20 heavy (non-hydrogen) atoms. The van der Waals surface area contributed by atoms with Crippen molar-refractivity contribution in [1.29, 1.82) is 0 Å². The molecule has 0 aliphatic carbocycles. The zero-order valence-corrected chi connectivity index (χ0v) is 11.6. The summed E-state index contributed by atoms with van der Waals surface area (Å²) in [5.74, 6) is -0.477. The zero-order chi connectivity index (χ0) is 15.1. The van der Waals surface area contributed by atoms with Gasteiger partial charge in [0.2, 0.25) is 0 Å². The van der Waals surface area contributed by atoms with Gasteiger partial charge in [0.1, 0.15) is 6.61 Å². The second-order valence-electron chi connectivity index (χ2n) is 4.59. The molecule has 1 aromatic carbocycles. The predicted octanol–water partition coefficient (Wildman–Crippen LogP) is 1.17. The third kappa shape index (κ3) is 5.47. The highest BCUT2D eigenvalue weighted by molar-refractivity contribution is 5.90. The molecule has 1 aromatic rings. The second-order valence-corrected chi connectivity index (χ2v) is 4.59. The van der Waals surface area contributed by atoms with Crippen LogP contribution in [0.4, 0.5) is 21.9 Å². The van der Waals surface area contributed by atoms with Crippen LogP contribution in [0.2, 0.25) is 0 Å². The quantitative estimate of drug-likeness (QED) is 0.366. The van der Waals surface area contributed by atoms with E-state index in [1.165, 1.54) is 0 Å². The summed E-state index contributed by atoms with van der Waals surface area (Å²) in [5.41, 5.74) is 12.6. The summed E-state index contributed by atoms with van der Waals surface area (Å²) in [7, 11) is 0. The normalized spacial score (nSPS) is 10.2. The molecular formula is C13H20N4O3. The Labute approximate surface area is 117 Å². The lowest BCUT2D eigenvalue weighted by Gasteiger charge is -2.10. The summed E-state index contributed by atoms with van der Waals surface area (Å²) in [4.78, 5) is 22.7. The first-order valence-electron chi connectivity index (χ1n) is 6.26. The maximum Gasteiger partial charge on any atom is 0.319 e. The van der Waals surface area contributed by atoms with Crippen LogP contribution in [0, 0.1) is 5.92 Å². The largest absolute Gasteiger partial charge is 0.464 e. The minimum Gasteiger partial charge on any atom is -0.464 e. The van der Waals surface area contributed by atoms with Crippen LogP contribution in [-0.4, -0.2) is 25.2 Å². The van der Waals surface area contributed by atoms with Gasteiger partial charge in [-0.25, -0.2) is 4.79 Å². The Balaban J connectivity index is 2.32. The van der Waals surface area contributed by atoms with Crippen molar-refractivity contribution in [3.8, 4) is 0 Å². The monoisotopic (exact) mass is 280 g/mol. The van der Waals surface area contributed by atoms with Gasteiger partial charge in [-0.3, -0.25) is 4.79 Å². The molecule has 0 fully saturated rings. The highest BCUT2D eigenvalue weighted by Crippen LogP contribution is 2.17. The van der Waals surface area contributed by atoms with Crippen LogP contribution in [0.1, 0.15) is 13.8 Å². The first-order valence-corrected chi connectivity index (χ1v) is 6.26. The van der Waals surface area contributed by atoms with Crippen LogP contribution in [0.15, 0.2) is 18.2 Å².